The third-order valence-corrected chi connectivity index (χ3v) is 5.52. The lowest BCUT2D eigenvalue weighted by molar-refractivity contribution is -0.132. The summed E-state index contributed by atoms with van der Waals surface area (Å²) in [5.41, 5.74) is 5.68. The molecule has 3 rings (SSSR count). The second-order valence-corrected chi connectivity index (χ2v) is 8.03. The second-order valence-electron chi connectivity index (χ2n) is 8.03. The molecule has 3 atom stereocenters. The van der Waals surface area contributed by atoms with Crippen LogP contribution in [0, 0.1) is 17.3 Å². The second kappa shape index (κ2) is 4.15. The molecule has 0 radical (unpaired) electrons. The van der Waals surface area contributed by atoms with E-state index in [1.807, 2.05) is 4.90 Å². The van der Waals surface area contributed by atoms with Gasteiger partial charge in [-0.2, -0.15) is 0 Å². The Kier molecular flexibility index (Phi) is 2.86. The lowest BCUT2D eigenvalue weighted by Crippen LogP contribution is -2.52. The van der Waals surface area contributed by atoms with Crippen LogP contribution in [0.3, 0.4) is 0 Å². The Balaban J connectivity index is 1.90. The van der Waals surface area contributed by atoms with Gasteiger partial charge in [0.2, 0.25) is 0 Å². The fraction of sp³-hybridized carbons (Fsp3) is 0.812. The molecule has 0 aromatic heterocycles. The minimum Gasteiger partial charge on any atom is -0.507 e. The summed E-state index contributed by atoms with van der Waals surface area (Å²) in [5, 5.41) is 10.5. The normalized spacial score (nSPS) is 36.8. The summed E-state index contributed by atoms with van der Waals surface area (Å²) in [5.74, 6) is 1.07. The molecule has 2 bridgehead atoms. The van der Waals surface area contributed by atoms with Crippen molar-refractivity contribution in [1.29, 1.82) is 0 Å². The number of amides is 1. The minimum atomic E-state index is -0.463. The summed E-state index contributed by atoms with van der Waals surface area (Å²) in [6.07, 6.45) is 5.32. The monoisotopic (exact) mass is 278 g/mol. The third kappa shape index (κ3) is 1.76. The van der Waals surface area contributed by atoms with Gasteiger partial charge < -0.3 is 15.7 Å². The fourth-order valence-corrected chi connectivity index (χ4v) is 4.46. The number of aliphatic hydroxyl groups is 1. The minimum absolute atomic E-state index is 0.0893. The van der Waals surface area contributed by atoms with E-state index in [0.29, 0.717) is 18.4 Å². The molecular formula is C16H26N2O2. The van der Waals surface area contributed by atoms with E-state index in [-0.39, 0.29) is 22.8 Å². The van der Waals surface area contributed by atoms with E-state index < -0.39 is 5.54 Å². The number of nitrogens with two attached hydrogens (primary N) is 1. The summed E-state index contributed by atoms with van der Waals surface area (Å²) >= 11 is 0. The average Bonchev–Trinajstić information content (AvgIpc) is 2.99. The molecule has 3 aliphatic rings. The van der Waals surface area contributed by atoms with Gasteiger partial charge in [-0.15, -0.1) is 0 Å². The molecule has 3 N–H and O–H groups in total. The maximum atomic E-state index is 12.5. The number of nitrogens with zero attached hydrogens (tertiary/aromatic N) is 1. The number of carbonyl (C=O) groups excluding carboxylic acids is 1. The maximum absolute atomic E-state index is 12.5. The molecule has 112 valence electrons. The fourth-order valence-electron chi connectivity index (χ4n) is 4.46. The van der Waals surface area contributed by atoms with Gasteiger partial charge in [0.1, 0.15) is 17.0 Å². The molecule has 4 heteroatoms. The van der Waals surface area contributed by atoms with Crippen molar-refractivity contribution >= 4 is 5.91 Å². The van der Waals surface area contributed by atoms with Crippen LogP contribution in [0.1, 0.15) is 52.9 Å². The van der Waals surface area contributed by atoms with Crippen LogP contribution in [0.5, 0.6) is 0 Å². The van der Waals surface area contributed by atoms with Gasteiger partial charge in [-0.05, 0) is 49.4 Å². The lowest BCUT2D eigenvalue weighted by atomic mass is 9.78. The van der Waals surface area contributed by atoms with E-state index in [2.05, 4.69) is 20.8 Å². The molecule has 3 unspecified atom stereocenters. The maximum Gasteiger partial charge on any atom is 0.274 e. The van der Waals surface area contributed by atoms with Crippen LogP contribution in [-0.2, 0) is 4.79 Å². The van der Waals surface area contributed by atoms with Crippen molar-refractivity contribution in [2.45, 2.75) is 58.4 Å². The highest BCUT2D eigenvalue weighted by Crippen LogP contribution is 2.58. The predicted molar refractivity (Wildman–Crippen MR) is 77.8 cm³/mol. The molecule has 1 aliphatic heterocycles. The Morgan fingerprint density at radius 2 is 2.10 bits per heavy atom. The zero-order valence-corrected chi connectivity index (χ0v) is 12.8. The lowest BCUT2D eigenvalue weighted by Gasteiger charge is -2.42. The summed E-state index contributed by atoms with van der Waals surface area (Å²) in [6, 6.07) is 0. The third-order valence-electron chi connectivity index (χ3n) is 5.52. The van der Waals surface area contributed by atoms with Crippen molar-refractivity contribution < 1.29 is 9.90 Å². The molecule has 0 saturated heterocycles. The summed E-state index contributed by atoms with van der Waals surface area (Å²) in [4.78, 5) is 14.3. The van der Waals surface area contributed by atoms with Crippen molar-refractivity contribution in [3.05, 3.63) is 11.5 Å². The SMILES string of the molecule is CC(C)(C)CCN1C(=O)C(N)=C(O)C12CC1CCC2C1. The van der Waals surface area contributed by atoms with Crippen molar-refractivity contribution in [2.75, 3.05) is 6.54 Å². The smallest absolute Gasteiger partial charge is 0.274 e. The van der Waals surface area contributed by atoms with Crippen LogP contribution in [-0.4, -0.2) is 28.0 Å². The molecule has 2 saturated carbocycles. The average molecular weight is 278 g/mol. The van der Waals surface area contributed by atoms with E-state index >= 15 is 0 Å². The molecular weight excluding hydrogens is 252 g/mol. The van der Waals surface area contributed by atoms with E-state index in [1.165, 1.54) is 6.42 Å². The van der Waals surface area contributed by atoms with E-state index in [1.54, 1.807) is 0 Å². The largest absolute Gasteiger partial charge is 0.507 e. The van der Waals surface area contributed by atoms with Crippen LogP contribution >= 0.6 is 0 Å². The van der Waals surface area contributed by atoms with Crippen molar-refractivity contribution in [3.63, 3.8) is 0 Å². The quantitative estimate of drug-likeness (QED) is 0.815. The molecule has 1 heterocycles. The van der Waals surface area contributed by atoms with E-state index in [4.69, 9.17) is 5.73 Å². The molecule has 0 aromatic carbocycles. The number of hydrogen-bond donors (Lipinski definition) is 2. The van der Waals surface area contributed by atoms with Gasteiger partial charge in [0.15, 0.2) is 0 Å². The first kappa shape index (κ1) is 13.8. The van der Waals surface area contributed by atoms with Crippen LogP contribution in [0.2, 0.25) is 0 Å². The number of aliphatic hydroxyl groups excluding tert-OH is 1. The highest BCUT2D eigenvalue weighted by atomic mass is 16.3. The highest BCUT2D eigenvalue weighted by molar-refractivity contribution is 5.97. The van der Waals surface area contributed by atoms with Gasteiger partial charge in [0.05, 0.1) is 0 Å². The summed E-state index contributed by atoms with van der Waals surface area (Å²) in [7, 11) is 0. The Labute approximate surface area is 121 Å². The number of fused-ring (bicyclic) bond motifs is 3. The summed E-state index contributed by atoms with van der Waals surface area (Å²) in [6.45, 7) is 7.23. The van der Waals surface area contributed by atoms with Gasteiger partial charge >= 0.3 is 0 Å². The molecule has 2 fully saturated rings. The van der Waals surface area contributed by atoms with Crippen molar-refractivity contribution in [1.82, 2.24) is 4.90 Å². The van der Waals surface area contributed by atoms with Gasteiger partial charge in [0, 0.05) is 6.54 Å². The molecule has 4 nitrogen and oxygen atoms in total. The van der Waals surface area contributed by atoms with E-state index in [9.17, 15) is 9.90 Å². The first-order valence-electron chi connectivity index (χ1n) is 7.77. The molecule has 20 heavy (non-hydrogen) atoms. The van der Waals surface area contributed by atoms with E-state index in [0.717, 1.165) is 25.7 Å². The highest BCUT2D eigenvalue weighted by Gasteiger charge is 2.62. The zero-order chi connectivity index (χ0) is 14.7. The van der Waals surface area contributed by atoms with Gasteiger partial charge in [-0.25, -0.2) is 0 Å². The van der Waals surface area contributed by atoms with Crippen molar-refractivity contribution in [3.8, 4) is 0 Å². The van der Waals surface area contributed by atoms with Gasteiger partial charge in [-0.1, -0.05) is 20.8 Å². The molecule has 1 amide bonds. The predicted octanol–water partition coefficient (Wildman–Crippen LogP) is 2.55. The first-order chi connectivity index (χ1) is 9.25. The Bertz CT molecular complexity index is 477. The van der Waals surface area contributed by atoms with Gasteiger partial charge in [0.25, 0.3) is 5.91 Å². The Morgan fingerprint density at radius 1 is 1.40 bits per heavy atom. The van der Waals surface area contributed by atoms with Crippen LogP contribution in [0.4, 0.5) is 0 Å². The van der Waals surface area contributed by atoms with Gasteiger partial charge in [-0.3, -0.25) is 4.79 Å². The van der Waals surface area contributed by atoms with Crippen LogP contribution in [0.15, 0.2) is 11.5 Å². The zero-order valence-electron chi connectivity index (χ0n) is 12.8. The molecule has 2 aliphatic carbocycles. The number of carbonyl (C=O) groups is 1. The van der Waals surface area contributed by atoms with Crippen LogP contribution < -0.4 is 5.73 Å². The first-order valence-corrected chi connectivity index (χ1v) is 7.77. The number of rotatable bonds is 2. The Morgan fingerprint density at radius 3 is 2.60 bits per heavy atom. The summed E-state index contributed by atoms with van der Waals surface area (Å²) < 4.78 is 0. The van der Waals surface area contributed by atoms with Crippen molar-refractivity contribution in [2.24, 2.45) is 23.0 Å². The van der Waals surface area contributed by atoms with Crippen LogP contribution in [0.25, 0.3) is 0 Å². The molecule has 1 spiro atoms. The topological polar surface area (TPSA) is 66.6 Å². The molecule has 0 aromatic rings. The standard InChI is InChI=1S/C16H26N2O2/c1-15(2,3)6-7-18-14(20)12(17)13(19)16(18)9-10-4-5-11(16)8-10/h10-11,19H,4-9,17H2,1-3H3. The Hall–Kier alpha value is -1.19. The number of hydrogen-bond acceptors (Lipinski definition) is 3.